The third-order valence-electron chi connectivity index (χ3n) is 5.22. The fourth-order valence-electron chi connectivity index (χ4n) is 3.56. The van der Waals surface area contributed by atoms with Gasteiger partial charge in [0.1, 0.15) is 11.8 Å². The molecular formula is C22H18Cl3N3O5S. The van der Waals surface area contributed by atoms with Crippen LogP contribution >= 0.6 is 34.8 Å². The molecule has 0 saturated carbocycles. The number of hydrogen-bond donors (Lipinski definition) is 2. The van der Waals surface area contributed by atoms with Crippen molar-refractivity contribution in [3.8, 4) is 5.88 Å². The Morgan fingerprint density at radius 2 is 1.82 bits per heavy atom. The van der Waals surface area contributed by atoms with Gasteiger partial charge in [0.25, 0.3) is 15.9 Å². The molecular weight excluding hydrogens is 525 g/mol. The van der Waals surface area contributed by atoms with Gasteiger partial charge in [0, 0.05) is 5.02 Å². The van der Waals surface area contributed by atoms with Gasteiger partial charge in [0.2, 0.25) is 5.88 Å². The van der Waals surface area contributed by atoms with E-state index in [1.807, 2.05) is 0 Å². The van der Waals surface area contributed by atoms with Gasteiger partial charge in [0.15, 0.2) is 0 Å². The number of amides is 1. The van der Waals surface area contributed by atoms with Gasteiger partial charge in [-0.2, -0.15) is 0 Å². The Bertz CT molecular complexity index is 1350. The summed E-state index contributed by atoms with van der Waals surface area (Å²) in [5, 5.41) is 13.0. The van der Waals surface area contributed by atoms with Crippen LogP contribution in [0.15, 0.2) is 59.6 Å². The molecule has 0 fully saturated rings. The van der Waals surface area contributed by atoms with Crippen LogP contribution < -0.4 is 14.4 Å². The molecule has 1 aliphatic heterocycles. The Morgan fingerprint density at radius 3 is 2.47 bits per heavy atom. The van der Waals surface area contributed by atoms with Crippen LogP contribution in [-0.4, -0.2) is 43.2 Å². The number of hydrogen-bond acceptors (Lipinski definition) is 6. The lowest BCUT2D eigenvalue weighted by atomic mass is 10.1. The third kappa shape index (κ3) is 4.54. The molecule has 1 aromatic heterocycles. The molecule has 0 aliphatic carbocycles. The largest absolute Gasteiger partial charge is 0.468 e. The van der Waals surface area contributed by atoms with E-state index in [9.17, 15) is 18.3 Å². The number of fused-ring (bicyclic) bond motifs is 1. The fourth-order valence-corrected chi connectivity index (χ4v) is 6.10. The fraction of sp³-hybridized carbons (Fsp3) is 0.182. The number of rotatable bonds is 5. The van der Waals surface area contributed by atoms with E-state index in [1.165, 1.54) is 42.6 Å². The summed E-state index contributed by atoms with van der Waals surface area (Å²) >= 11 is 18.3. The molecule has 178 valence electrons. The van der Waals surface area contributed by atoms with Crippen molar-refractivity contribution in [3.05, 3.63) is 75.4 Å². The summed E-state index contributed by atoms with van der Waals surface area (Å²) in [6, 6.07) is 11.1. The van der Waals surface area contributed by atoms with Crippen LogP contribution in [-0.2, 0) is 10.0 Å². The van der Waals surface area contributed by atoms with Gasteiger partial charge in [-0.15, -0.1) is 0 Å². The number of pyridine rings is 1. The predicted octanol–water partition coefficient (Wildman–Crippen LogP) is 4.63. The van der Waals surface area contributed by atoms with E-state index >= 15 is 0 Å². The van der Waals surface area contributed by atoms with E-state index < -0.39 is 34.7 Å². The number of sulfonamides is 1. The topological polar surface area (TPSA) is 109 Å². The zero-order valence-electron chi connectivity index (χ0n) is 17.6. The molecule has 3 aromatic rings. The quantitative estimate of drug-likeness (QED) is 0.487. The minimum atomic E-state index is -4.14. The van der Waals surface area contributed by atoms with E-state index in [0.717, 1.165) is 4.31 Å². The number of aliphatic hydroxyl groups is 1. The van der Waals surface area contributed by atoms with Gasteiger partial charge in [0.05, 0.1) is 45.0 Å². The molecule has 2 aromatic carbocycles. The number of nitrogens with zero attached hydrogens (tertiary/aromatic N) is 2. The molecule has 12 heteroatoms. The summed E-state index contributed by atoms with van der Waals surface area (Å²) in [5.41, 5.74) is 0.335. The Balaban J connectivity index is 1.77. The first-order valence-electron chi connectivity index (χ1n) is 9.96. The van der Waals surface area contributed by atoms with Crippen molar-refractivity contribution < 1.29 is 23.1 Å². The molecule has 0 bridgehead atoms. The zero-order valence-corrected chi connectivity index (χ0v) is 20.7. The van der Waals surface area contributed by atoms with Crippen LogP contribution in [0.5, 0.6) is 5.88 Å². The lowest BCUT2D eigenvalue weighted by Crippen LogP contribution is -2.52. The average Bonchev–Trinajstić information content (AvgIpc) is 2.78. The second kappa shape index (κ2) is 9.59. The summed E-state index contributed by atoms with van der Waals surface area (Å²) in [6.07, 6.45) is 0.437. The molecule has 1 amide bonds. The van der Waals surface area contributed by atoms with Crippen LogP contribution in [0.1, 0.15) is 17.3 Å². The predicted molar refractivity (Wildman–Crippen MR) is 131 cm³/mol. The molecule has 0 saturated heterocycles. The number of aliphatic hydroxyl groups excluding tert-OH is 1. The summed E-state index contributed by atoms with van der Waals surface area (Å²) in [5.74, 6) is -0.615. The number of anilines is 2. The van der Waals surface area contributed by atoms with Gasteiger partial charge in [-0.1, -0.05) is 46.9 Å². The summed E-state index contributed by atoms with van der Waals surface area (Å²) < 4.78 is 34.0. The monoisotopic (exact) mass is 541 g/mol. The average molecular weight is 543 g/mol. The Morgan fingerprint density at radius 1 is 1.15 bits per heavy atom. The number of ether oxygens (including phenoxy) is 1. The van der Waals surface area contributed by atoms with Crippen LogP contribution in [0, 0.1) is 0 Å². The molecule has 8 nitrogen and oxygen atoms in total. The first-order chi connectivity index (χ1) is 16.1. The molecule has 1 aliphatic rings. The van der Waals surface area contributed by atoms with Gasteiger partial charge in [-0.3, -0.25) is 9.10 Å². The number of carbonyl (C=O) groups excluding carboxylic acids is 1. The summed E-state index contributed by atoms with van der Waals surface area (Å²) in [7, 11) is -4.14. The SMILES string of the molecule is CC1C(CO)Oc2ncc(NC(=O)c3c(Cl)cccc3Cl)cc2N1S(=O)(=O)c1cccc(Cl)c1. The number of carbonyl (C=O) groups is 1. The molecule has 0 radical (unpaired) electrons. The first kappa shape index (κ1) is 24.6. The minimum Gasteiger partial charge on any atom is -0.468 e. The highest BCUT2D eigenvalue weighted by atomic mass is 35.5. The maximum atomic E-state index is 13.6. The maximum Gasteiger partial charge on any atom is 0.264 e. The van der Waals surface area contributed by atoms with E-state index in [4.69, 9.17) is 39.5 Å². The molecule has 2 heterocycles. The normalized spacial score (nSPS) is 17.6. The molecule has 2 unspecified atom stereocenters. The van der Waals surface area contributed by atoms with Gasteiger partial charge >= 0.3 is 0 Å². The highest BCUT2D eigenvalue weighted by Gasteiger charge is 2.41. The minimum absolute atomic E-state index is 0.0171. The van der Waals surface area contributed by atoms with Crippen molar-refractivity contribution in [2.24, 2.45) is 0 Å². The lowest BCUT2D eigenvalue weighted by Gasteiger charge is -2.39. The Labute approximate surface area is 211 Å². The zero-order chi connectivity index (χ0) is 24.6. The molecule has 34 heavy (non-hydrogen) atoms. The number of nitrogens with one attached hydrogen (secondary N) is 1. The van der Waals surface area contributed by atoms with Gasteiger partial charge in [-0.05, 0) is 43.3 Å². The molecule has 0 spiro atoms. The van der Waals surface area contributed by atoms with E-state index in [2.05, 4.69) is 10.3 Å². The van der Waals surface area contributed by atoms with Crippen molar-refractivity contribution in [2.75, 3.05) is 16.2 Å². The van der Waals surface area contributed by atoms with Gasteiger partial charge in [-0.25, -0.2) is 13.4 Å². The molecule has 2 atom stereocenters. The van der Waals surface area contributed by atoms with Gasteiger partial charge < -0.3 is 15.2 Å². The van der Waals surface area contributed by atoms with Crippen molar-refractivity contribution in [3.63, 3.8) is 0 Å². The standard InChI is InChI=1S/C22H18Cl3N3O5S/c1-12-19(11-29)33-22-18(28(12)34(31,32)15-5-2-4-13(23)8-15)9-14(10-26-22)27-21(30)20-16(24)6-3-7-17(20)25/h2-10,12,19,29H,11H2,1H3,(H,27,30). The van der Waals surface area contributed by atoms with Crippen LogP contribution in [0.25, 0.3) is 0 Å². The number of benzene rings is 2. The van der Waals surface area contributed by atoms with Crippen LogP contribution in [0.2, 0.25) is 15.1 Å². The highest BCUT2D eigenvalue weighted by Crippen LogP contribution is 2.40. The van der Waals surface area contributed by atoms with Crippen molar-refractivity contribution in [1.29, 1.82) is 0 Å². The molecule has 2 N–H and O–H groups in total. The molecule has 4 rings (SSSR count). The highest BCUT2D eigenvalue weighted by molar-refractivity contribution is 7.92. The lowest BCUT2D eigenvalue weighted by molar-refractivity contribution is 0.0880. The summed E-state index contributed by atoms with van der Waals surface area (Å²) in [4.78, 5) is 16.9. The maximum absolute atomic E-state index is 13.6. The smallest absolute Gasteiger partial charge is 0.264 e. The Hall–Kier alpha value is -2.56. The van der Waals surface area contributed by atoms with E-state index in [0.29, 0.717) is 0 Å². The second-order valence-electron chi connectivity index (χ2n) is 7.44. The third-order valence-corrected chi connectivity index (χ3v) is 7.98. The number of aromatic nitrogens is 1. The van der Waals surface area contributed by atoms with Crippen molar-refractivity contribution >= 4 is 62.1 Å². The van der Waals surface area contributed by atoms with E-state index in [1.54, 1.807) is 19.1 Å². The number of halogens is 3. The van der Waals surface area contributed by atoms with Crippen LogP contribution in [0.3, 0.4) is 0 Å². The van der Waals surface area contributed by atoms with Crippen LogP contribution in [0.4, 0.5) is 11.4 Å². The Kier molecular flexibility index (Phi) is 6.93. The second-order valence-corrected chi connectivity index (χ2v) is 10.5. The van der Waals surface area contributed by atoms with E-state index in [-0.39, 0.29) is 42.8 Å². The van der Waals surface area contributed by atoms with Crippen molar-refractivity contribution in [2.45, 2.75) is 24.0 Å². The summed E-state index contributed by atoms with van der Waals surface area (Å²) in [6.45, 7) is 1.16. The van der Waals surface area contributed by atoms with Crippen molar-refractivity contribution in [1.82, 2.24) is 4.98 Å². The first-order valence-corrected chi connectivity index (χ1v) is 12.5.